The van der Waals surface area contributed by atoms with Gasteiger partial charge < -0.3 is 11.1 Å². The van der Waals surface area contributed by atoms with E-state index in [1.807, 2.05) is 25.2 Å². The predicted octanol–water partition coefficient (Wildman–Crippen LogP) is 4.35. The normalized spacial score (nSPS) is 18.5. The second-order valence-electron chi connectivity index (χ2n) is 7.16. The first kappa shape index (κ1) is 24.0. The highest BCUT2D eigenvalue weighted by atomic mass is 35.5. The Labute approximate surface area is 184 Å². The molecule has 30 heavy (non-hydrogen) atoms. The van der Waals surface area contributed by atoms with E-state index in [-0.39, 0.29) is 16.4 Å². The third-order valence-electron chi connectivity index (χ3n) is 4.30. The summed E-state index contributed by atoms with van der Waals surface area (Å²) < 4.78 is 28.2. The van der Waals surface area contributed by atoms with Gasteiger partial charge in [0.25, 0.3) is 0 Å². The number of amidine groups is 1. The van der Waals surface area contributed by atoms with E-state index >= 15 is 0 Å². The number of nitrogens with one attached hydrogen (secondary N) is 1. The Morgan fingerprint density at radius 3 is 2.63 bits per heavy atom. The van der Waals surface area contributed by atoms with Crippen LogP contribution < -0.4 is 11.1 Å². The SMILES string of the molecule is CN1CC(c2cc(NC=O)ccc2F)N=C(N)C(C)(C)S1.Cc1ncc(Cl)cc1F. The molecule has 0 fully saturated rings. The van der Waals surface area contributed by atoms with Crippen molar-refractivity contribution in [1.29, 1.82) is 0 Å². The summed E-state index contributed by atoms with van der Waals surface area (Å²) in [7, 11) is 1.93. The number of hydrogen-bond donors (Lipinski definition) is 2. The van der Waals surface area contributed by atoms with Gasteiger partial charge in [-0.2, -0.15) is 0 Å². The number of pyridine rings is 1. The van der Waals surface area contributed by atoms with Gasteiger partial charge in [0.05, 0.1) is 21.5 Å². The highest BCUT2D eigenvalue weighted by Crippen LogP contribution is 2.35. The fourth-order valence-electron chi connectivity index (χ4n) is 2.69. The van der Waals surface area contributed by atoms with Crippen LogP contribution in [0.2, 0.25) is 5.02 Å². The molecule has 1 atom stereocenters. The number of likely N-dealkylation sites (N-methyl/N-ethyl adjacent to an activating group) is 1. The van der Waals surface area contributed by atoms with Crippen LogP contribution in [0, 0.1) is 18.6 Å². The molecule has 1 aliphatic heterocycles. The average molecular weight is 456 g/mol. The van der Waals surface area contributed by atoms with Crippen LogP contribution in [0.3, 0.4) is 0 Å². The molecular formula is C20H24ClF2N5OS. The monoisotopic (exact) mass is 455 g/mol. The Balaban J connectivity index is 0.000000297. The van der Waals surface area contributed by atoms with E-state index in [0.29, 0.717) is 40.8 Å². The van der Waals surface area contributed by atoms with Crippen molar-refractivity contribution in [2.24, 2.45) is 10.7 Å². The maximum Gasteiger partial charge on any atom is 0.211 e. The summed E-state index contributed by atoms with van der Waals surface area (Å²) in [6.45, 7) is 6.09. The molecule has 1 unspecified atom stereocenters. The Morgan fingerprint density at radius 2 is 2.03 bits per heavy atom. The van der Waals surface area contributed by atoms with Crippen molar-refractivity contribution in [3.63, 3.8) is 0 Å². The summed E-state index contributed by atoms with van der Waals surface area (Å²) >= 11 is 6.99. The first-order valence-corrected chi connectivity index (χ1v) is 10.2. The summed E-state index contributed by atoms with van der Waals surface area (Å²) in [6, 6.07) is 5.28. The number of carbonyl (C=O) groups excluding carboxylic acids is 1. The number of anilines is 1. The molecule has 162 valence electrons. The second kappa shape index (κ2) is 10.2. The van der Waals surface area contributed by atoms with Crippen LogP contribution in [0.1, 0.15) is 31.1 Å². The lowest BCUT2D eigenvalue weighted by molar-refractivity contribution is -0.105. The fourth-order valence-corrected chi connectivity index (χ4v) is 3.97. The van der Waals surface area contributed by atoms with E-state index in [1.54, 1.807) is 24.9 Å². The summed E-state index contributed by atoms with van der Waals surface area (Å²) in [5.74, 6) is -0.233. The molecule has 2 heterocycles. The van der Waals surface area contributed by atoms with Crippen molar-refractivity contribution in [3.05, 3.63) is 58.4 Å². The minimum absolute atomic E-state index is 0.332. The molecule has 1 aliphatic rings. The predicted molar refractivity (Wildman–Crippen MR) is 119 cm³/mol. The van der Waals surface area contributed by atoms with Gasteiger partial charge in [0.15, 0.2) is 0 Å². The zero-order valence-corrected chi connectivity index (χ0v) is 18.7. The molecule has 0 spiro atoms. The van der Waals surface area contributed by atoms with Crippen molar-refractivity contribution in [3.8, 4) is 0 Å². The number of benzene rings is 1. The summed E-state index contributed by atoms with van der Waals surface area (Å²) in [5, 5.41) is 2.85. The standard InChI is InChI=1S/C14H19FN4OS.C6H5ClFN/c1-14(2)13(16)18-12(7-19(3)21-14)10-6-9(17-8-20)4-5-11(10)15;1-4-6(8)2-5(7)3-9-4/h4-6,8,12H,7H2,1-3H3,(H2,16,18)(H,17,20);2-3H,1H3. The molecule has 1 amide bonds. The number of nitrogens with zero attached hydrogens (tertiary/aromatic N) is 3. The molecule has 6 nitrogen and oxygen atoms in total. The van der Waals surface area contributed by atoms with E-state index in [2.05, 4.69) is 15.3 Å². The molecule has 0 radical (unpaired) electrons. The third kappa shape index (κ3) is 6.38. The maximum atomic E-state index is 14.1. The van der Waals surface area contributed by atoms with Crippen molar-refractivity contribution in [2.75, 3.05) is 18.9 Å². The van der Waals surface area contributed by atoms with Gasteiger partial charge in [0, 0.05) is 24.0 Å². The zero-order chi connectivity index (χ0) is 22.5. The van der Waals surface area contributed by atoms with Crippen LogP contribution in [0.4, 0.5) is 14.5 Å². The van der Waals surface area contributed by atoms with Crippen molar-refractivity contribution in [2.45, 2.75) is 31.6 Å². The number of nitrogens with two attached hydrogens (primary N) is 1. The lowest BCUT2D eigenvalue weighted by Crippen LogP contribution is -2.36. The van der Waals surface area contributed by atoms with E-state index in [0.717, 1.165) is 0 Å². The lowest BCUT2D eigenvalue weighted by Gasteiger charge is -2.25. The minimum Gasteiger partial charge on any atom is -0.386 e. The second-order valence-corrected chi connectivity index (χ2v) is 9.42. The average Bonchev–Trinajstić information content (AvgIpc) is 2.76. The first-order chi connectivity index (χ1) is 14.0. The van der Waals surface area contributed by atoms with Crippen molar-refractivity contribution >= 4 is 41.5 Å². The summed E-state index contributed by atoms with van der Waals surface area (Å²) in [5.41, 5.74) is 7.39. The molecule has 1 aromatic heterocycles. The van der Waals surface area contributed by atoms with Gasteiger partial charge in [-0.25, -0.2) is 8.78 Å². The van der Waals surface area contributed by atoms with Crippen LogP contribution in [0.15, 0.2) is 35.5 Å². The van der Waals surface area contributed by atoms with Crippen molar-refractivity contribution < 1.29 is 13.6 Å². The van der Waals surface area contributed by atoms with Gasteiger partial charge in [-0.15, -0.1) is 0 Å². The highest BCUT2D eigenvalue weighted by molar-refractivity contribution is 7.99. The quantitative estimate of drug-likeness (QED) is 0.531. The minimum atomic E-state index is -0.405. The smallest absolute Gasteiger partial charge is 0.211 e. The van der Waals surface area contributed by atoms with E-state index < -0.39 is 6.04 Å². The number of carbonyl (C=O) groups is 1. The number of aromatic nitrogens is 1. The van der Waals surface area contributed by atoms with E-state index in [1.165, 1.54) is 24.4 Å². The molecule has 0 saturated carbocycles. The van der Waals surface area contributed by atoms with Gasteiger partial charge in [0.1, 0.15) is 17.5 Å². The number of aryl methyl sites for hydroxylation is 1. The molecule has 10 heteroatoms. The largest absolute Gasteiger partial charge is 0.386 e. The summed E-state index contributed by atoms with van der Waals surface area (Å²) in [4.78, 5) is 18.7. The molecule has 0 aliphatic carbocycles. The molecule has 3 rings (SSSR count). The van der Waals surface area contributed by atoms with Crippen LogP contribution in [0.25, 0.3) is 0 Å². The van der Waals surface area contributed by atoms with Gasteiger partial charge in [-0.1, -0.05) is 23.5 Å². The van der Waals surface area contributed by atoms with Crippen LogP contribution >= 0.6 is 23.5 Å². The van der Waals surface area contributed by atoms with E-state index in [9.17, 15) is 13.6 Å². The number of aliphatic imine (C=N–C) groups is 1. The van der Waals surface area contributed by atoms with Crippen LogP contribution in [0.5, 0.6) is 0 Å². The molecular weight excluding hydrogens is 432 g/mol. The van der Waals surface area contributed by atoms with Gasteiger partial charge >= 0.3 is 0 Å². The molecule has 0 saturated heterocycles. The lowest BCUT2D eigenvalue weighted by atomic mass is 10.0. The number of rotatable bonds is 3. The molecule has 0 bridgehead atoms. The topological polar surface area (TPSA) is 83.6 Å². The van der Waals surface area contributed by atoms with Crippen molar-refractivity contribution in [1.82, 2.24) is 9.29 Å². The highest BCUT2D eigenvalue weighted by Gasteiger charge is 2.32. The fraction of sp³-hybridized carbons (Fsp3) is 0.350. The number of amides is 1. The van der Waals surface area contributed by atoms with Gasteiger partial charge in [-0.05, 0) is 52.1 Å². The third-order valence-corrected chi connectivity index (χ3v) is 5.63. The Kier molecular flexibility index (Phi) is 8.17. The van der Waals surface area contributed by atoms with Gasteiger partial charge in [0.2, 0.25) is 6.41 Å². The Bertz CT molecular complexity index is 941. The zero-order valence-electron chi connectivity index (χ0n) is 17.1. The molecule has 3 N–H and O–H groups in total. The Hall–Kier alpha value is -2.23. The van der Waals surface area contributed by atoms with Gasteiger partial charge in [-0.3, -0.25) is 19.1 Å². The maximum absolute atomic E-state index is 14.1. The number of hydrogen-bond acceptors (Lipinski definition) is 6. The summed E-state index contributed by atoms with van der Waals surface area (Å²) in [6.07, 6.45) is 1.98. The Morgan fingerprint density at radius 1 is 1.33 bits per heavy atom. The van der Waals surface area contributed by atoms with Crippen LogP contribution in [-0.4, -0.2) is 39.9 Å². The van der Waals surface area contributed by atoms with E-state index in [4.69, 9.17) is 17.3 Å². The molecule has 1 aromatic carbocycles. The molecule has 2 aromatic rings. The number of halogens is 3. The van der Waals surface area contributed by atoms with Crippen LogP contribution in [-0.2, 0) is 4.79 Å². The first-order valence-electron chi connectivity index (χ1n) is 9.04.